The van der Waals surface area contributed by atoms with Gasteiger partial charge in [-0.25, -0.2) is 8.42 Å². The fourth-order valence-corrected chi connectivity index (χ4v) is 6.93. The lowest BCUT2D eigenvalue weighted by atomic mass is 9.99. The Labute approximate surface area is 196 Å². The number of aromatic nitrogens is 1. The third-order valence-corrected chi connectivity index (χ3v) is 9.11. The molecule has 32 heavy (non-hydrogen) atoms. The zero-order chi connectivity index (χ0) is 22.7. The van der Waals surface area contributed by atoms with E-state index in [1.807, 2.05) is 23.0 Å². The molecule has 1 aliphatic rings. The highest BCUT2D eigenvalue weighted by molar-refractivity contribution is 7.98. The summed E-state index contributed by atoms with van der Waals surface area (Å²) in [6.07, 6.45) is 8.80. The Hall–Kier alpha value is -2.38. The van der Waals surface area contributed by atoms with Crippen molar-refractivity contribution in [3.05, 3.63) is 53.3 Å². The van der Waals surface area contributed by atoms with Crippen LogP contribution in [-0.4, -0.2) is 42.5 Å². The third kappa shape index (κ3) is 4.55. The number of benzene rings is 2. The highest BCUT2D eigenvalue weighted by atomic mass is 32.2. The van der Waals surface area contributed by atoms with Crippen LogP contribution in [0.15, 0.2) is 63.3 Å². The topological polar surface area (TPSA) is 71.7 Å². The van der Waals surface area contributed by atoms with E-state index in [1.165, 1.54) is 15.6 Å². The minimum Gasteiger partial charge on any atom is -0.305 e. The maximum atomic E-state index is 13.1. The van der Waals surface area contributed by atoms with Crippen molar-refractivity contribution in [2.45, 2.75) is 29.2 Å². The largest absolute Gasteiger partial charge is 0.305 e. The molecule has 2 heterocycles. The summed E-state index contributed by atoms with van der Waals surface area (Å²) < 4.78 is 30.2. The van der Waals surface area contributed by atoms with Crippen molar-refractivity contribution < 1.29 is 13.2 Å². The molecular formula is C23H23N3O3S3. The first-order valence-electron chi connectivity index (χ1n) is 10.2. The van der Waals surface area contributed by atoms with Gasteiger partial charge in [-0.1, -0.05) is 35.5 Å². The number of nitrogens with zero attached hydrogens (tertiary/aromatic N) is 3. The van der Waals surface area contributed by atoms with Gasteiger partial charge in [0.05, 0.1) is 27.6 Å². The van der Waals surface area contributed by atoms with Crippen LogP contribution >= 0.6 is 23.1 Å². The zero-order valence-electron chi connectivity index (χ0n) is 17.6. The fraction of sp³-hybridized carbons (Fsp3) is 0.304. The van der Waals surface area contributed by atoms with Crippen molar-refractivity contribution in [1.29, 1.82) is 0 Å². The number of sulfonamides is 1. The molecule has 3 aromatic rings. The molecule has 166 valence electrons. The van der Waals surface area contributed by atoms with E-state index in [1.54, 1.807) is 42.1 Å². The molecule has 4 rings (SSSR count). The second-order valence-electron chi connectivity index (χ2n) is 7.47. The molecule has 0 saturated carbocycles. The van der Waals surface area contributed by atoms with Crippen molar-refractivity contribution in [3.63, 3.8) is 0 Å². The summed E-state index contributed by atoms with van der Waals surface area (Å²) in [5.41, 5.74) is 0.939. The maximum Gasteiger partial charge on any atom is 0.252 e. The third-order valence-electron chi connectivity index (χ3n) is 5.46. The summed E-state index contributed by atoms with van der Waals surface area (Å²) in [7, 11) is -3.64. The van der Waals surface area contributed by atoms with E-state index in [-0.39, 0.29) is 17.3 Å². The minimum atomic E-state index is -3.64. The van der Waals surface area contributed by atoms with Crippen molar-refractivity contribution in [2.24, 2.45) is 10.9 Å². The molecule has 0 N–H and O–H groups in total. The molecule has 0 bridgehead atoms. The van der Waals surface area contributed by atoms with Crippen LogP contribution in [0.5, 0.6) is 0 Å². The van der Waals surface area contributed by atoms with Gasteiger partial charge in [-0.3, -0.25) is 4.79 Å². The first kappa shape index (κ1) is 22.8. The minimum absolute atomic E-state index is 0.135. The summed E-state index contributed by atoms with van der Waals surface area (Å²) >= 11 is 3.07. The normalized spacial score (nSPS) is 18.0. The second kappa shape index (κ2) is 9.63. The smallest absolute Gasteiger partial charge is 0.252 e. The number of thiazole rings is 1. The fourth-order valence-electron chi connectivity index (χ4n) is 3.80. The SMILES string of the molecule is C#CCn1c(=NC(=O)C2CCCN(S(=O)(=O)c3ccccc3)C2)sc2cc(SC)ccc21. The lowest BCUT2D eigenvalue weighted by molar-refractivity contribution is -0.122. The number of fused-ring (bicyclic) bond motifs is 1. The van der Waals surface area contributed by atoms with Gasteiger partial charge < -0.3 is 4.57 Å². The van der Waals surface area contributed by atoms with Crippen molar-refractivity contribution in [1.82, 2.24) is 8.87 Å². The summed E-state index contributed by atoms with van der Waals surface area (Å²) in [5.74, 6) is 1.85. The monoisotopic (exact) mass is 485 g/mol. The van der Waals surface area contributed by atoms with E-state index in [4.69, 9.17) is 6.42 Å². The van der Waals surface area contributed by atoms with Crippen LogP contribution in [0.2, 0.25) is 0 Å². The number of terminal acetylenes is 1. The van der Waals surface area contributed by atoms with Gasteiger partial charge in [0.1, 0.15) is 0 Å². The van der Waals surface area contributed by atoms with Crippen LogP contribution in [0.4, 0.5) is 0 Å². The number of thioether (sulfide) groups is 1. The Balaban J connectivity index is 1.64. The predicted octanol–water partition coefficient (Wildman–Crippen LogP) is 3.59. The number of amides is 1. The Morgan fingerprint density at radius 2 is 2.06 bits per heavy atom. The van der Waals surface area contributed by atoms with E-state index < -0.39 is 15.9 Å². The number of rotatable bonds is 5. The standard InChI is InChI=1S/C23H23N3O3S3/c1-3-13-26-20-12-11-18(30-2)15-21(20)31-23(26)24-22(27)17-8-7-14-25(16-17)32(28,29)19-9-5-4-6-10-19/h1,4-6,9-12,15,17H,7-8,13-14,16H2,2H3. The van der Waals surface area contributed by atoms with Gasteiger partial charge >= 0.3 is 0 Å². The molecule has 0 spiro atoms. The molecule has 0 aliphatic carbocycles. The number of carbonyl (C=O) groups is 1. The molecule has 1 amide bonds. The summed E-state index contributed by atoms with van der Waals surface area (Å²) in [6, 6.07) is 14.4. The highest BCUT2D eigenvalue weighted by Crippen LogP contribution is 2.26. The molecular weight excluding hydrogens is 462 g/mol. The molecule has 0 radical (unpaired) electrons. The molecule has 1 aliphatic heterocycles. The molecule has 9 heteroatoms. The predicted molar refractivity (Wildman–Crippen MR) is 129 cm³/mol. The van der Waals surface area contributed by atoms with Gasteiger partial charge in [-0.05, 0) is 49.4 Å². The van der Waals surface area contributed by atoms with Gasteiger partial charge in [-0.15, -0.1) is 18.2 Å². The summed E-state index contributed by atoms with van der Waals surface area (Å²) in [5, 5.41) is 0. The first-order chi connectivity index (χ1) is 15.4. The molecule has 1 atom stereocenters. The number of hydrogen-bond acceptors (Lipinski definition) is 5. The zero-order valence-corrected chi connectivity index (χ0v) is 20.0. The summed E-state index contributed by atoms with van der Waals surface area (Å²) in [4.78, 5) is 19.4. The van der Waals surface area contributed by atoms with Gasteiger partial charge in [0.25, 0.3) is 5.91 Å². The quantitative estimate of drug-likeness (QED) is 0.409. The van der Waals surface area contributed by atoms with E-state index in [0.717, 1.165) is 15.1 Å². The van der Waals surface area contributed by atoms with Crippen molar-refractivity contribution >= 4 is 49.2 Å². The summed E-state index contributed by atoms with van der Waals surface area (Å²) in [6.45, 7) is 0.846. The first-order valence-corrected chi connectivity index (χ1v) is 13.7. The van der Waals surface area contributed by atoms with Gasteiger partial charge in [0, 0.05) is 18.0 Å². The molecule has 1 aromatic heterocycles. The second-order valence-corrected chi connectivity index (χ2v) is 11.3. The van der Waals surface area contributed by atoms with Crippen molar-refractivity contribution in [2.75, 3.05) is 19.3 Å². The van der Waals surface area contributed by atoms with Crippen LogP contribution in [-0.2, 0) is 21.4 Å². The van der Waals surface area contributed by atoms with Crippen molar-refractivity contribution in [3.8, 4) is 12.3 Å². The molecule has 2 aromatic carbocycles. The lowest BCUT2D eigenvalue weighted by Crippen LogP contribution is -2.42. The van der Waals surface area contributed by atoms with Gasteiger partial charge in [0.15, 0.2) is 4.80 Å². The number of piperidine rings is 1. The van der Waals surface area contributed by atoms with Crippen LogP contribution in [0.3, 0.4) is 0 Å². The van der Waals surface area contributed by atoms with Crippen LogP contribution in [0, 0.1) is 18.3 Å². The Morgan fingerprint density at radius 1 is 1.28 bits per heavy atom. The van der Waals surface area contributed by atoms with E-state index in [0.29, 0.717) is 30.7 Å². The number of hydrogen-bond donors (Lipinski definition) is 0. The van der Waals surface area contributed by atoms with E-state index in [9.17, 15) is 13.2 Å². The maximum absolute atomic E-state index is 13.1. The Kier molecular flexibility index (Phi) is 6.86. The van der Waals surface area contributed by atoms with Gasteiger partial charge in [0.2, 0.25) is 10.0 Å². The van der Waals surface area contributed by atoms with Crippen LogP contribution in [0.25, 0.3) is 10.2 Å². The number of carbonyl (C=O) groups excluding carboxylic acids is 1. The molecule has 1 unspecified atom stereocenters. The Morgan fingerprint density at radius 3 is 2.78 bits per heavy atom. The molecule has 6 nitrogen and oxygen atoms in total. The lowest BCUT2D eigenvalue weighted by Gasteiger charge is -2.30. The van der Waals surface area contributed by atoms with Crippen LogP contribution < -0.4 is 4.80 Å². The average Bonchev–Trinajstić information content (AvgIpc) is 3.16. The molecule has 1 fully saturated rings. The van der Waals surface area contributed by atoms with Gasteiger partial charge in [-0.2, -0.15) is 9.30 Å². The van der Waals surface area contributed by atoms with E-state index >= 15 is 0 Å². The highest BCUT2D eigenvalue weighted by Gasteiger charge is 2.33. The van der Waals surface area contributed by atoms with E-state index in [2.05, 4.69) is 17.0 Å². The average molecular weight is 486 g/mol. The Bertz CT molecular complexity index is 1350. The van der Waals surface area contributed by atoms with Crippen LogP contribution in [0.1, 0.15) is 12.8 Å². The molecule has 1 saturated heterocycles.